The van der Waals surface area contributed by atoms with Crippen molar-refractivity contribution < 1.29 is 9.21 Å². The lowest BCUT2D eigenvalue weighted by atomic mass is 9.83. The van der Waals surface area contributed by atoms with E-state index in [2.05, 4.69) is 36.1 Å². The average molecular weight is 531 g/mol. The molecule has 1 saturated carbocycles. The Morgan fingerprint density at radius 3 is 2.43 bits per heavy atom. The van der Waals surface area contributed by atoms with E-state index in [9.17, 15) is 4.79 Å². The van der Waals surface area contributed by atoms with E-state index in [1.165, 1.54) is 32.1 Å². The maximum atomic E-state index is 12.5. The Morgan fingerprint density at radius 2 is 1.87 bits per heavy atom. The first-order chi connectivity index (χ1) is 14.1. The van der Waals surface area contributed by atoms with Crippen LogP contribution in [-0.4, -0.2) is 86.0 Å². The molecule has 170 valence electrons. The highest BCUT2D eigenvalue weighted by Crippen LogP contribution is 2.28. The quantitative estimate of drug-likeness (QED) is 0.347. The molecule has 1 amide bonds. The third-order valence-electron chi connectivity index (χ3n) is 6.22. The summed E-state index contributed by atoms with van der Waals surface area (Å²) in [7, 11) is 4.36. The monoisotopic (exact) mass is 531 g/mol. The van der Waals surface area contributed by atoms with Gasteiger partial charge in [0.05, 0.1) is 12.8 Å². The van der Waals surface area contributed by atoms with E-state index in [0.29, 0.717) is 24.9 Å². The predicted octanol–water partition coefficient (Wildman–Crippen LogP) is 3.13. The maximum Gasteiger partial charge on any atom is 0.289 e. The number of hydrogen-bond acceptors (Lipinski definition) is 4. The zero-order valence-corrected chi connectivity index (χ0v) is 21.0. The number of carbonyl (C=O) groups is 1. The van der Waals surface area contributed by atoms with Gasteiger partial charge in [0.15, 0.2) is 11.7 Å². The number of carbonyl (C=O) groups excluding carboxylic acids is 1. The fraction of sp³-hybridized carbons (Fsp3) is 0.727. The molecule has 1 N–H and O–H groups in total. The minimum atomic E-state index is -0.0263. The second kappa shape index (κ2) is 12.5. The topological polar surface area (TPSA) is 64.3 Å². The number of nitrogens with one attached hydrogen (secondary N) is 1. The van der Waals surface area contributed by atoms with Crippen LogP contribution in [-0.2, 0) is 0 Å². The van der Waals surface area contributed by atoms with Crippen molar-refractivity contribution in [2.24, 2.45) is 10.9 Å². The SMILES string of the molecule is CCNC(=NCC(C1CCCCC1)N(C)C)N1CCN(C(=O)c2ccco2)CC1.I. The maximum absolute atomic E-state index is 12.5. The zero-order valence-electron chi connectivity index (χ0n) is 18.7. The molecule has 30 heavy (non-hydrogen) atoms. The van der Waals surface area contributed by atoms with E-state index >= 15 is 0 Å². The van der Waals surface area contributed by atoms with E-state index in [1.54, 1.807) is 18.4 Å². The first-order valence-electron chi connectivity index (χ1n) is 11.1. The number of likely N-dealkylation sites (N-methyl/N-ethyl adjacent to an activating group) is 1. The number of aliphatic imine (C=N–C) groups is 1. The summed E-state index contributed by atoms with van der Waals surface area (Å²) in [4.78, 5) is 24.0. The van der Waals surface area contributed by atoms with Gasteiger partial charge in [-0.25, -0.2) is 0 Å². The van der Waals surface area contributed by atoms with Crippen molar-refractivity contribution in [2.75, 3.05) is 53.4 Å². The largest absolute Gasteiger partial charge is 0.459 e. The molecule has 1 unspecified atom stereocenters. The van der Waals surface area contributed by atoms with Crippen molar-refractivity contribution in [1.29, 1.82) is 0 Å². The molecule has 7 nitrogen and oxygen atoms in total. The molecule has 0 radical (unpaired) electrons. The number of guanidine groups is 1. The number of rotatable bonds is 6. The fourth-order valence-electron chi connectivity index (χ4n) is 4.54. The summed E-state index contributed by atoms with van der Waals surface area (Å²) in [6, 6.07) is 3.98. The minimum absolute atomic E-state index is 0. The lowest BCUT2D eigenvalue weighted by molar-refractivity contribution is 0.0657. The lowest BCUT2D eigenvalue weighted by Crippen LogP contribution is -2.54. The highest BCUT2D eigenvalue weighted by Gasteiger charge is 2.27. The fourth-order valence-corrected chi connectivity index (χ4v) is 4.54. The molecule has 0 aromatic carbocycles. The third-order valence-corrected chi connectivity index (χ3v) is 6.22. The van der Waals surface area contributed by atoms with Crippen molar-refractivity contribution in [1.82, 2.24) is 20.0 Å². The third kappa shape index (κ3) is 6.60. The van der Waals surface area contributed by atoms with E-state index in [-0.39, 0.29) is 29.9 Å². The van der Waals surface area contributed by atoms with Crippen LogP contribution < -0.4 is 5.32 Å². The van der Waals surface area contributed by atoms with Gasteiger partial charge in [0.25, 0.3) is 5.91 Å². The van der Waals surface area contributed by atoms with E-state index in [1.807, 2.05) is 4.90 Å². The molecule has 1 aromatic heterocycles. The van der Waals surface area contributed by atoms with Gasteiger partial charge >= 0.3 is 0 Å². The smallest absolute Gasteiger partial charge is 0.289 e. The van der Waals surface area contributed by atoms with Gasteiger partial charge in [-0.15, -0.1) is 24.0 Å². The van der Waals surface area contributed by atoms with Gasteiger partial charge in [-0.2, -0.15) is 0 Å². The van der Waals surface area contributed by atoms with Crippen LogP contribution in [0, 0.1) is 5.92 Å². The van der Waals surface area contributed by atoms with Crippen molar-refractivity contribution in [2.45, 2.75) is 45.1 Å². The molecular formula is C22H38IN5O2. The molecule has 2 aliphatic rings. The average Bonchev–Trinajstić information content (AvgIpc) is 3.28. The van der Waals surface area contributed by atoms with Crippen LogP contribution in [0.2, 0.25) is 0 Å². The lowest BCUT2D eigenvalue weighted by Gasteiger charge is -2.37. The first kappa shape index (κ1) is 25.0. The highest BCUT2D eigenvalue weighted by atomic mass is 127. The summed E-state index contributed by atoms with van der Waals surface area (Å²) >= 11 is 0. The summed E-state index contributed by atoms with van der Waals surface area (Å²) in [5.41, 5.74) is 0. The molecule has 0 bridgehead atoms. The van der Waals surface area contributed by atoms with Gasteiger partial charge in [0.2, 0.25) is 0 Å². The Balaban J connectivity index is 0.00000320. The number of nitrogens with zero attached hydrogens (tertiary/aromatic N) is 4. The van der Waals surface area contributed by atoms with Crippen molar-refractivity contribution >= 4 is 35.8 Å². The van der Waals surface area contributed by atoms with Crippen LogP contribution in [0.1, 0.15) is 49.6 Å². The van der Waals surface area contributed by atoms with Crippen LogP contribution >= 0.6 is 24.0 Å². The molecule has 2 fully saturated rings. The molecule has 2 heterocycles. The van der Waals surface area contributed by atoms with Gasteiger partial charge in [0, 0.05) is 38.8 Å². The number of halogens is 1. The molecule has 1 atom stereocenters. The molecule has 1 aliphatic heterocycles. The first-order valence-corrected chi connectivity index (χ1v) is 11.1. The molecular weight excluding hydrogens is 493 g/mol. The minimum Gasteiger partial charge on any atom is -0.459 e. The normalized spacial score (nSPS) is 19.5. The van der Waals surface area contributed by atoms with Gasteiger partial charge in [-0.05, 0) is 51.9 Å². The Labute approximate surface area is 198 Å². The summed E-state index contributed by atoms with van der Waals surface area (Å²) < 4.78 is 5.26. The molecule has 1 aliphatic carbocycles. The summed E-state index contributed by atoms with van der Waals surface area (Å²) in [6.07, 6.45) is 8.27. The molecule has 8 heteroatoms. The van der Waals surface area contributed by atoms with Crippen LogP contribution in [0.15, 0.2) is 27.8 Å². The molecule has 3 rings (SSSR count). The Kier molecular flexibility index (Phi) is 10.4. The summed E-state index contributed by atoms with van der Waals surface area (Å²) in [5, 5.41) is 3.46. The van der Waals surface area contributed by atoms with Gasteiger partial charge in [-0.3, -0.25) is 9.79 Å². The Morgan fingerprint density at radius 1 is 1.20 bits per heavy atom. The van der Waals surface area contributed by atoms with Crippen LogP contribution in [0.25, 0.3) is 0 Å². The van der Waals surface area contributed by atoms with E-state index < -0.39 is 0 Å². The molecule has 1 aromatic rings. The zero-order chi connectivity index (χ0) is 20.6. The Bertz CT molecular complexity index is 650. The van der Waals surface area contributed by atoms with Crippen molar-refractivity contribution in [3.05, 3.63) is 24.2 Å². The van der Waals surface area contributed by atoms with Gasteiger partial charge in [0.1, 0.15) is 0 Å². The van der Waals surface area contributed by atoms with Crippen LogP contribution in [0.3, 0.4) is 0 Å². The second-order valence-corrected chi connectivity index (χ2v) is 8.38. The summed E-state index contributed by atoms with van der Waals surface area (Å²) in [6.45, 7) is 6.72. The van der Waals surface area contributed by atoms with Crippen LogP contribution in [0.5, 0.6) is 0 Å². The van der Waals surface area contributed by atoms with Crippen LogP contribution in [0.4, 0.5) is 0 Å². The van der Waals surface area contributed by atoms with Gasteiger partial charge in [-0.1, -0.05) is 19.3 Å². The van der Waals surface area contributed by atoms with Crippen molar-refractivity contribution in [3.8, 4) is 0 Å². The standard InChI is InChI=1S/C22H37N5O2.HI/c1-4-23-22(24-17-19(25(2)3)18-9-6-5-7-10-18)27-14-12-26(13-15-27)21(28)20-11-8-16-29-20;/h8,11,16,18-19H,4-7,9-10,12-15,17H2,1-3H3,(H,23,24);1H. The van der Waals surface area contributed by atoms with Gasteiger partial charge < -0.3 is 24.4 Å². The number of piperazine rings is 1. The van der Waals surface area contributed by atoms with E-state index in [0.717, 1.165) is 38.1 Å². The highest BCUT2D eigenvalue weighted by molar-refractivity contribution is 14.0. The predicted molar refractivity (Wildman–Crippen MR) is 132 cm³/mol. The van der Waals surface area contributed by atoms with Crippen molar-refractivity contribution in [3.63, 3.8) is 0 Å². The summed E-state index contributed by atoms with van der Waals surface area (Å²) in [5.74, 6) is 2.11. The second-order valence-electron chi connectivity index (χ2n) is 8.38. The number of furan rings is 1. The molecule has 1 saturated heterocycles. The number of hydrogen-bond donors (Lipinski definition) is 1. The molecule has 0 spiro atoms. The number of amides is 1. The van der Waals surface area contributed by atoms with E-state index in [4.69, 9.17) is 9.41 Å². The Hall–Kier alpha value is -1.29.